The van der Waals surface area contributed by atoms with Crippen molar-refractivity contribution in [3.8, 4) is 17.4 Å². The number of carbonyl (C=O) groups excluding carboxylic acids is 2. The minimum absolute atomic E-state index is 0.0799. The number of halogens is 1. The first kappa shape index (κ1) is 24.8. The molecular formula is C24H19ClN2O6S. The molecule has 0 unspecified atom stereocenters. The smallest absolute Gasteiger partial charge is 0.341 e. The second-order valence-electron chi connectivity index (χ2n) is 7.03. The first-order valence-corrected chi connectivity index (χ1v) is 11.2. The zero-order valence-corrected chi connectivity index (χ0v) is 20.0. The van der Waals surface area contributed by atoms with Crippen LogP contribution in [0, 0.1) is 25.2 Å². The van der Waals surface area contributed by atoms with Crippen LogP contribution in [0.25, 0.3) is 17.4 Å². The third kappa shape index (κ3) is 5.20. The molecule has 3 rings (SSSR count). The van der Waals surface area contributed by atoms with Crippen LogP contribution < -0.4 is 5.32 Å². The first-order valence-electron chi connectivity index (χ1n) is 9.99. The van der Waals surface area contributed by atoms with Crippen LogP contribution in [0.3, 0.4) is 0 Å². The lowest BCUT2D eigenvalue weighted by Crippen LogP contribution is -2.16. The summed E-state index contributed by atoms with van der Waals surface area (Å²) in [5, 5.41) is 21.8. The maximum Gasteiger partial charge on any atom is 0.341 e. The monoisotopic (exact) mass is 498 g/mol. The van der Waals surface area contributed by atoms with Gasteiger partial charge in [-0.05, 0) is 56.7 Å². The van der Waals surface area contributed by atoms with Crippen LogP contribution in [0.4, 0.5) is 5.00 Å². The standard InChI is InChI=1S/C24H19ClN2O6S/c1-4-32-24(31)20-12(2)13(3)34-22(20)27-21(28)15(11-26)9-16-6-8-19(33-16)14-5-7-18(25)17(10-14)23(29)30/h5-10H,4H2,1-3H3,(H,27,28)(H,29,30)/b15-9+. The Balaban J connectivity index is 1.87. The molecule has 2 N–H and O–H groups in total. The zero-order chi connectivity index (χ0) is 25.0. The molecular weight excluding hydrogens is 480 g/mol. The molecule has 8 nitrogen and oxygen atoms in total. The molecule has 0 spiro atoms. The summed E-state index contributed by atoms with van der Waals surface area (Å²) < 4.78 is 10.8. The van der Waals surface area contributed by atoms with Gasteiger partial charge in [0, 0.05) is 16.5 Å². The highest BCUT2D eigenvalue weighted by Crippen LogP contribution is 2.33. The zero-order valence-electron chi connectivity index (χ0n) is 18.4. The van der Waals surface area contributed by atoms with Crippen molar-refractivity contribution in [3.05, 3.63) is 68.3 Å². The van der Waals surface area contributed by atoms with Crippen LogP contribution in [0.1, 0.15) is 43.8 Å². The van der Waals surface area contributed by atoms with Crippen LogP contribution in [0.5, 0.6) is 0 Å². The average Bonchev–Trinajstić information content (AvgIpc) is 3.36. The van der Waals surface area contributed by atoms with Crippen LogP contribution >= 0.6 is 22.9 Å². The summed E-state index contributed by atoms with van der Waals surface area (Å²) in [6, 6.07) is 9.36. The minimum Gasteiger partial charge on any atom is -0.478 e. The van der Waals surface area contributed by atoms with Gasteiger partial charge in [-0.3, -0.25) is 4.79 Å². The number of carboxylic acid groups (broad SMARTS) is 1. The predicted octanol–water partition coefficient (Wildman–Crippen LogP) is 5.70. The second-order valence-corrected chi connectivity index (χ2v) is 8.67. The maximum absolute atomic E-state index is 12.8. The van der Waals surface area contributed by atoms with E-state index in [1.807, 2.05) is 13.0 Å². The van der Waals surface area contributed by atoms with Gasteiger partial charge in [-0.25, -0.2) is 9.59 Å². The molecule has 10 heteroatoms. The SMILES string of the molecule is CCOC(=O)c1c(NC(=O)/C(C#N)=C/c2ccc(-c3ccc(Cl)c(C(=O)O)c3)o2)sc(C)c1C. The van der Waals surface area contributed by atoms with Gasteiger partial charge in [-0.2, -0.15) is 5.26 Å². The van der Waals surface area contributed by atoms with Crippen molar-refractivity contribution in [2.75, 3.05) is 11.9 Å². The van der Waals surface area contributed by atoms with E-state index in [4.69, 9.17) is 20.8 Å². The molecule has 1 amide bonds. The number of carbonyl (C=O) groups is 3. The topological polar surface area (TPSA) is 130 Å². The lowest BCUT2D eigenvalue weighted by Gasteiger charge is -2.06. The highest BCUT2D eigenvalue weighted by Gasteiger charge is 2.23. The minimum atomic E-state index is -1.18. The molecule has 0 atom stereocenters. The van der Waals surface area contributed by atoms with E-state index in [9.17, 15) is 24.8 Å². The summed E-state index contributed by atoms with van der Waals surface area (Å²) in [5.41, 5.74) is 1.09. The Hall–Kier alpha value is -3.87. The van der Waals surface area contributed by atoms with E-state index in [2.05, 4.69) is 5.32 Å². The lowest BCUT2D eigenvalue weighted by atomic mass is 10.1. The van der Waals surface area contributed by atoms with Gasteiger partial charge in [0.2, 0.25) is 0 Å². The number of aryl methyl sites for hydroxylation is 1. The van der Waals surface area contributed by atoms with Gasteiger partial charge in [0.15, 0.2) is 0 Å². The highest BCUT2D eigenvalue weighted by atomic mass is 35.5. The van der Waals surface area contributed by atoms with Gasteiger partial charge in [-0.1, -0.05) is 11.6 Å². The fourth-order valence-corrected chi connectivity index (χ4v) is 4.30. The fourth-order valence-electron chi connectivity index (χ4n) is 3.05. The van der Waals surface area contributed by atoms with E-state index in [1.54, 1.807) is 32.0 Å². The fraction of sp³-hybridized carbons (Fsp3) is 0.167. The Kier molecular flexibility index (Phi) is 7.56. The molecule has 34 heavy (non-hydrogen) atoms. The molecule has 0 aliphatic heterocycles. The molecule has 0 fully saturated rings. The Morgan fingerprint density at radius 1 is 1.26 bits per heavy atom. The number of furan rings is 1. The average molecular weight is 499 g/mol. The molecule has 0 saturated heterocycles. The largest absolute Gasteiger partial charge is 0.478 e. The van der Waals surface area contributed by atoms with Crippen LogP contribution in [0.15, 0.2) is 40.3 Å². The van der Waals surface area contributed by atoms with Crippen molar-refractivity contribution in [1.29, 1.82) is 5.26 Å². The van der Waals surface area contributed by atoms with Crippen LogP contribution in [-0.4, -0.2) is 29.6 Å². The third-order valence-corrected chi connectivity index (χ3v) is 6.30. The van der Waals surface area contributed by atoms with Gasteiger partial charge < -0.3 is 19.6 Å². The number of hydrogen-bond donors (Lipinski definition) is 2. The van der Waals surface area contributed by atoms with Crippen molar-refractivity contribution < 1.29 is 28.6 Å². The van der Waals surface area contributed by atoms with Gasteiger partial charge in [0.05, 0.1) is 22.8 Å². The van der Waals surface area contributed by atoms with Gasteiger partial charge in [0.1, 0.15) is 28.2 Å². The van der Waals surface area contributed by atoms with E-state index >= 15 is 0 Å². The number of aromatic carboxylic acids is 1. The van der Waals surface area contributed by atoms with Crippen LogP contribution in [0.2, 0.25) is 5.02 Å². The lowest BCUT2D eigenvalue weighted by molar-refractivity contribution is -0.112. The van der Waals surface area contributed by atoms with Crippen molar-refractivity contribution in [2.45, 2.75) is 20.8 Å². The number of amides is 1. The molecule has 1 aromatic carbocycles. The number of rotatable bonds is 7. The normalized spacial score (nSPS) is 11.1. The Bertz CT molecular complexity index is 1360. The first-order chi connectivity index (χ1) is 16.2. The third-order valence-electron chi connectivity index (χ3n) is 4.85. The molecule has 2 aromatic heterocycles. The van der Waals surface area contributed by atoms with Gasteiger partial charge in [0.25, 0.3) is 5.91 Å². The Morgan fingerprint density at radius 3 is 2.65 bits per heavy atom. The Labute approximate surface area is 204 Å². The van der Waals surface area contributed by atoms with Crippen molar-refractivity contribution in [2.24, 2.45) is 0 Å². The molecule has 3 aromatic rings. The number of nitriles is 1. The number of ether oxygens (including phenoxy) is 1. The quantitative estimate of drug-likeness (QED) is 0.243. The summed E-state index contributed by atoms with van der Waals surface area (Å²) in [6.07, 6.45) is 1.25. The number of nitrogens with zero attached hydrogens (tertiary/aromatic N) is 1. The molecule has 2 heterocycles. The molecule has 0 aliphatic carbocycles. The maximum atomic E-state index is 12.8. The van der Waals surface area contributed by atoms with Gasteiger partial charge in [-0.15, -0.1) is 11.3 Å². The van der Waals surface area contributed by atoms with Gasteiger partial charge >= 0.3 is 11.9 Å². The van der Waals surface area contributed by atoms with Crippen molar-refractivity contribution in [1.82, 2.24) is 0 Å². The van der Waals surface area contributed by atoms with E-state index in [-0.39, 0.29) is 34.1 Å². The number of carboxylic acids is 1. The highest BCUT2D eigenvalue weighted by molar-refractivity contribution is 7.16. The Morgan fingerprint density at radius 2 is 2.00 bits per heavy atom. The molecule has 0 radical (unpaired) electrons. The number of anilines is 1. The van der Waals surface area contributed by atoms with Crippen LogP contribution in [-0.2, 0) is 9.53 Å². The van der Waals surface area contributed by atoms with E-state index in [0.717, 1.165) is 4.88 Å². The molecule has 0 saturated carbocycles. The van der Waals surface area contributed by atoms with E-state index < -0.39 is 17.8 Å². The van der Waals surface area contributed by atoms with Crippen molar-refractivity contribution >= 4 is 51.9 Å². The van der Waals surface area contributed by atoms with E-state index in [1.165, 1.54) is 29.5 Å². The second kappa shape index (κ2) is 10.4. The number of thiophene rings is 1. The summed E-state index contributed by atoms with van der Waals surface area (Å²) in [6.45, 7) is 5.44. The summed E-state index contributed by atoms with van der Waals surface area (Å²) in [5.74, 6) is -1.91. The molecule has 0 aliphatic rings. The van der Waals surface area contributed by atoms with Crippen molar-refractivity contribution in [3.63, 3.8) is 0 Å². The number of hydrogen-bond acceptors (Lipinski definition) is 7. The summed E-state index contributed by atoms with van der Waals surface area (Å²) >= 11 is 7.11. The van der Waals surface area contributed by atoms with E-state index in [0.29, 0.717) is 21.9 Å². The number of nitrogens with one attached hydrogen (secondary N) is 1. The molecule has 174 valence electrons. The summed E-state index contributed by atoms with van der Waals surface area (Å²) in [7, 11) is 0. The predicted molar refractivity (Wildman–Crippen MR) is 128 cm³/mol. The summed E-state index contributed by atoms with van der Waals surface area (Å²) in [4.78, 5) is 37.2. The number of benzene rings is 1. The molecule has 0 bridgehead atoms. The number of esters is 1.